The van der Waals surface area contributed by atoms with Crippen LogP contribution in [0.4, 0.5) is 0 Å². The molecule has 0 bridgehead atoms. The van der Waals surface area contributed by atoms with Crippen LogP contribution in [0.1, 0.15) is 11.7 Å². The summed E-state index contributed by atoms with van der Waals surface area (Å²) >= 11 is 0. The Labute approximate surface area is 91.9 Å². The van der Waals surface area contributed by atoms with E-state index in [1.807, 2.05) is 0 Å². The fourth-order valence-corrected chi connectivity index (χ4v) is 1.22. The third-order valence-corrected chi connectivity index (χ3v) is 2.17. The number of hydrogen-bond acceptors (Lipinski definition) is 5. The van der Waals surface area contributed by atoms with Gasteiger partial charge in [0.1, 0.15) is 12.1 Å². The van der Waals surface area contributed by atoms with Crippen molar-refractivity contribution in [2.45, 2.75) is 12.1 Å². The molecule has 88 valence electrons. The molecule has 1 aromatic carbocycles. The zero-order chi connectivity index (χ0) is 12.3. The van der Waals surface area contributed by atoms with Gasteiger partial charge in [-0.15, -0.1) is 0 Å². The number of carboxylic acids is 1. The van der Waals surface area contributed by atoms with E-state index in [0.29, 0.717) is 0 Å². The smallest absolute Gasteiger partial charge is 0.323 e. The molecule has 1 aromatic rings. The summed E-state index contributed by atoms with van der Waals surface area (Å²) in [4.78, 5) is 10.6. The van der Waals surface area contributed by atoms with Crippen LogP contribution < -0.4 is 10.5 Å². The molecule has 0 aliphatic rings. The molecule has 5 N–H and O–H groups in total. The van der Waals surface area contributed by atoms with Crippen molar-refractivity contribution in [2.24, 2.45) is 5.73 Å². The number of carbonyl (C=O) groups is 1. The number of ether oxygens (including phenoxy) is 1. The van der Waals surface area contributed by atoms with Gasteiger partial charge < -0.3 is 25.8 Å². The van der Waals surface area contributed by atoms with Crippen LogP contribution >= 0.6 is 0 Å². The average molecular weight is 227 g/mol. The SMILES string of the molecule is COc1cc(C(O)[C@@H](N)C(=O)O)ccc1O. The molecule has 0 aliphatic heterocycles. The average Bonchev–Trinajstić information content (AvgIpc) is 2.27. The molecule has 6 nitrogen and oxygen atoms in total. The highest BCUT2D eigenvalue weighted by atomic mass is 16.5. The molecule has 0 saturated heterocycles. The van der Waals surface area contributed by atoms with Gasteiger partial charge in [0.25, 0.3) is 0 Å². The number of aromatic hydroxyl groups is 1. The van der Waals surface area contributed by atoms with Gasteiger partial charge in [-0.1, -0.05) is 6.07 Å². The van der Waals surface area contributed by atoms with Crippen LogP contribution in [0, 0.1) is 0 Å². The summed E-state index contributed by atoms with van der Waals surface area (Å²) in [6.45, 7) is 0. The number of aliphatic hydroxyl groups is 1. The summed E-state index contributed by atoms with van der Waals surface area (Å²) in [7, 11) is 1.35. The number of aliphatic hydroxyl groups excluding tert-OH is 1. The summed E-state index contributed by atoms with van der Waals surface area (Å²) in [5, 5.41) is 27.6. The molecule has 16 heavy (non-hydrogen) atoms. The molecule has 0 heterocycles. The van der Waals surface area contributed by atoms with Gasteiger partial charge in [0.2, 0.25) is 0 Å². The summed E-state index contributed by atoms with van der Waals surface area (Å²) in [6.07, 6.45) is -1.35. The number of rotatable bonds is 4. The number of aliphatic carboxylic acids is 1. The molecule has 0 spiro atoms. The Hall–Kier alpha value is -1.79. The predicted octanol–water partition coefficient (Wildman–Crippen LogP) is -0.154. The number of benzene rings is 1. The molecule has 2 atom stereocenters. The minimum atomic E-state index is -1.42. The van der Waals surface area contributed by atoms with E-state index in [2.05, 4.69) is 0 Å². The molecule has 0 aromatic heterocycles. The largest absolute Gasteiger partial charge is 0.504 e. The number of nitrogens with two attached hydrogens (primary N) is 1. The summed E-state index contributed by atoms with van der Waals surface area (Å²) in [6, 6.07) is 2.59. The minimum Gasteiger partial charge on any atom is -0.504 e. The first-order valence-corrected chi connectivity index (χ1v) is 4.50. The number of phenolic OH excluding ortho intramolecular Hbond substituents is 1. The van der Waals surface area contributed by atoms with E-state index < -0.39 is 18.1 Å². The van der Waals surface area contributed by atoms with Crippen LogP contribution in [0.2, 0.25) is 0 Å². The second kappa shape index (κ2) is 4.82. The maximum atomic E-state index is 10.6. The van der Waals surface area contributed by atoms with Gasteiger partial charge >= 0.3 is 5.97 Å². The normalized spacial score (nSPS) is 14.2. The predicted molar refractivity (Wildman–Crippen MR) is 55.2 cm³/mol. The van der Waals surface area contributed by atoms with Crippen molar-refractivity contribution in [1.82, 2.24) is 0 Å². The van der Waals surface area contributed by atoms with Crippen LogP contribution in [0.5, 0.6) is 11.5 Å². The lowest BCUT2D eigenvalue weighted by Crippen LogP contribution is -2.36. The quantitative estimate of drug-likeness (QED) is 0.568. The van der Waals surface area contributed by atoms with Crippen LogP contribution in [-0.2, 0) is 4.79 Å². The van der Waals surface area contributed by atoms with Crippen molar-refractivity contribution in [3.8, 4) is 11.5 Å². The van der Waals surface area contributed by atoms with E-state index in [1.54, 1.807) is 0 Å². The highest BCUT2D eigenvalue weighted by molar-refractivity contribution is 5.74. The standard InChI is InChI=1S/C10H13NO5/c1-16-7-4-5(2-3-6(7)12)9(13)8(11)10(14)15/h2-4,8-9,12-13H,11H2,1H3,(H,14,15)/t8-,9?/m1/s1. The minimum absolute atomic E-state index is 0.0950. The third-order valence-electron chi connectivity index (χ3n) is 2.17. The summed E-state index contributed by atoms with van der Waals surface area (Å²) < 4.78 is 4.83. The van der Waals surface area contributed by atoms with Gasteiger partial charge in [-0.2, -0.15) is 0 Å². The first kappa shape index (κ1) is 12.3. The summed E-state index contributed by atoms with van der Waals surface area (Å²) in [5.41, 5.74) is 5.54. The van der Waals surface area contributed by atoms with Crippen molar-refractivity contribution in [1.29, 1.82) is 0 Å². The Balaban J connectivity index is 3.00. The number of hydrogen-bond donors (Lipinski definition) is 4. The van der Waals surface area contributed by atoms with Gasteiger partial charge in [-0.3, -0.25) is 4.79 Å². The van der Waals surface area contributed by atoms with Crippen LogP contribution in [-0.4, -0.2) is 34.4 Å². The van der Waals surface area contributed by atoms with E-state index in [9.17, 15) is 15.0 Å². The van der Waals surface area contributed by atoms with Crippen molar-refractivity contribution >= 4 is 5.97 Å². The van der Waals surface area contributed by atoms with Gasteiger partial charge in [0, 0.05) is 0 Å². The Kier molecular flexibility index (Phi) is 3.70. The lowest BCUT2D eigenvalue weighted by atomic mass is 10.0. The highest BCUT2D eigenvalue weighted by Gasteiger charge is 2.24. The second-order valence-electron chi connectivity index (χ2n) is 3.24. The Morgan fingerprint density at radius 3 is 2.62 bits per heavy atom. The first-order valence-electron chi connectivity index (χ1n) is 4.50. The molecule has 0 radical (unpaired) electrons. The third kappa shape index (κ3) is 2.41. The van der Waals surface area contributed by atoms with Crippen LogP contribution in [0.25, 0.3) is 0 Å². The lowest BCUT2D eigenvalue weighted by Gasteiger charge is -2.16. The Bertz CT molecular complexity index is 393. The monoisotopic (exact) mass is 227 g/mol. The molecule has 6 heteroatoms. The zero-order valence-electron chi connectivity index (χ0n) is 8.62. The maximum Gasteiger partial charge on any atom is 0.323 e. The molecule has 0 amide bonds. The van der Waals surface area contributed by atoms with E-state index in [-0.39, 0.29) is 17.1 Å². The highest BCUT2D eigenvalue weighted by Crippen LogP contribution is 2.29. The van der Waals surface area contributed by atoms with Crippen molar-refractivity contribution in [3.63, 3.8) is 0 Å². The lowest BCUT2D eigenvalue weighted by molar-refractivity contribution is -0.141. The Morgan fingerprint density at radius 1 is 1.50 bits per heavy atom. The fraction of sp³-hybridized carbons (Fsp3) is 0.300. The summed E-state index contributed by atoms with van der Waals surface area (Å²) in [5.74, 6) is -1.25. The van der Waals surface area contributed by atoms with Crippen LogP contribution in [0.15, 0.2) is 18.2 Å². The second-order valence-corrected chi connectivity index (χ2v) is 3.24. The van der Waals surface area contributed by atoms with Gasteiger partial charge in [0.15, 0.2) is 11.5 Å². The van der Waals surface area contributed by atoms with E-state index >= 15 is 0 Å². The van der Waals surface area contributed by atoms with Crippen molar-refractivity contribution in [3.05, 3.63) is 23.8 Å². The van der Waals surface area contributed by atoms with E-state index in [0.717, 1.165) is 0 Å². The fourth-order valence-electron chi connectivity index (χ4n) is 1.22. The zero-order valence-corrected chi connectivity index (χ0v) is 8.62. The number of carboxylic acid groups (broad SMARTS) is 1. The van der Waals surface area contributed by atoms with Crippen molar-refractivity contribution in [2.75, 3.05) is 7.11 Å². The molecular formula is C10H13NO5. The number of methoxy groups -OCH3 is 1. The van der Waals surface area contributed by atoms with Gasteiger partial charge in [-0.25, -0.2) is 0 Å². The molecular weight excluding hydrogens is 214 g/mol. The van der Waals surface area contributed by atoms with E-state index in [1.165, 1.54) is 25.3 Å². The van der Waals surface area contributed by atoms with Crippen molar-refractivity contribution < 1.29 is 24.9 Å². The molecule has 0 fully saturated rings. The van der Waals surface area contributed by atoms with E-state index in [4.69, 9.17) is 15.6 Å². The molecule has 0 aliphatic carbocycles. The van der Waals surface area contributed by atoms with Gasteiger partial charge in [0.05, 0.1) is 7.11 Å². The number of phenols is 1. The molecule has 0 saturated carbocycles. The topological polar surface area (TPSA) is 113 Å². The first-order chi connectivity index (χ1) is 7.47. The maximum absolute atomic E-state index is 10.6. The molecule has 1 unspecified atom stereocenters. The molecule has 1 rings (SSSR count). The van der Waals surface area contributed by atoms with Crippen LogP contribution in [0.3, 0.4) is 0 Å². The van der Waals surface area contributed by atoms with Gasteiger partial charge in [-0.05, 0) is 17.7 Å². The Morgan fingerprint density at radius 2 is 2.12 bits per heavy atom.